The van der Waals surface area contributed by atoms with Crippen molar-refractivity contribution in [3.63, 3.8) is 0 Å². The predicted molar refractivity (Wildman–Crippen MR) is 169 cm³/mol. The topological polar surface area (TPSA) is 270 Å². The molecule has 4 atom stereocenters. The van der Waals surface area contributed by atoms with Crippen molar-refractivity contribution >= 4 is 63.1 Å². The summed E-state index contributed by atoms with van der Waals surface area (Å²) in [7, 11) is 2.84. The molecule has 8 amide bonds. The van der Waals surface area contributed by atoms with E-state index >= 15 is 0 Å². The van der Waals surface area contributed by atoms with Crippen LogP contribution >= 0.6 is 21.6 Å². The van der Waals surface area contributed by atoms with E-state index < -0.39 is 71.6 Å². The van der Waals surface area contributed by atoms with Crippen LogP contribution in [0.1, 0.15) is 59.3 Å². The molecule has 0 aromatic rings. The summed E-state index contributed by atoms with van der Waals surface area (Å²) in [6.07, 6.45) is 1.30. The second kappa shape index (κ2) is 19.9. The molecule has 0 aromatic heterocycles. The molecule has 250 valence electrons. The number of carbonyl (C=O) groups is 7. The Hall–Kier alpha value is -3.25. The molecule has 44 heavy (non-hydrogen) atoms. The fraction of sp³-hybridized carbons (Fsp3) is 0.731. The predicted octanol–water partition coefficient (Wildman–Crippen LogP) is -2.06. The zero-order chi connectivity index (χ0) is 33.3. The molecule has 1 fully saturated rings. The molecule has 1 aliphatic rings. The number of rotatable bonds is 10. The van der Waals surface area contributed by atoms with E-state index in [1.807, 2.05) is 0 Å². The minimum absolute atomic E-state index is 0.0516. The van der Waals surface area contributed by atoms with Gasteiger partial charge in [-0.1, -0.05) is 28.5 Å². The number of urea groups is 1. The maximum Gasteiger partial charge on any atom is 0.312 e. The quantitative estimate of drug-likeness (QED) is 0.0912. The summed E-state index contributed by atoms with van der Waals surface area (Å²) in [6.45, 7) is 5.26. The standard InChI is InChI=1S/C26H47N9O7S2/c1-15-14-44-43-12-11-30-21(38)18(13-19(28)36)34-24(41)26(2,3)35-23(40)17(8-6-10-31-25(29)42)33-22(39)16(32-20(15)37)7-4-5-9-27/h15-18H,4-14,27H2,1-3H3,(H2,28,36)(H,30,38)(H,32,37)(H,33,39)(H,34,41)(H,35,40)(H3,29,31,42)/t15-,16-,17-,18-/m0/s1. The first kappa shape index (κ1) is 38.8. The van der Waals surface area contributed by atoms with Crippen LogP contribution in [0.5, 0.6) is 0 Å². The zero-order valence-electron chi connectivity index (χ0n) is 25.5. The summed E-state index contributed by atoms with van der Waals surface area (Å²) in [5.41, 5.74) is 14.4. The van der Waals surface area contributed by atoms with Crippen molar-refractivity contribution in [2.45, 2.75) is 83.0 Å². The molecular formula is C26H47N9O7S2. The number of carbonyl (C=O) groups excluding carboxylic acids is 7. The van der Waals surface area contributed by atoms with Gasteiger partial charge >= 0.3 is 6.03 Å². The lowest BCUT2D eigenvalue weighted by molar-refractivity contribution is -0.137. The molecule has 0 saturated carbocycles. The van der Waals surface area contributed by atoms with Crippen molar-refractivity contribution in [1.82, 2.24) is 31.9 Å². The van der Waals surface area contributed by atoms with E-state index in [1.165, 1.54) is 35.4 Å². The van der Waals surface area contributed by atoms with Gasteiger partial charge < -0.3 is 49.1 Å². The van der Waals surface area contributed by atoms with Crippen molar-refractivity contribution in [2.24, 2.45) is 23.1 Å². The number of nitrogens with one attached hydrogen (secondary N) is 6. The lowest BCUT2D eigenvalue weighted by atomic mass is 10.0. The van der Waals surface area contributed by atoms with Crippen molar-refractivity contribution in [3.8, 4) is 0 Å². The number of hydrogen-bond donors (Lipinski definition) is 9. The molecule has 0 spiro atoms. The highest BCUT2D eigenvalue weighted by Gasteiger charge is 2.36. The highest BCUT2D eigenvalue weighted by Crippen LogP contribution is 2.23. The fourth-order valence-electron chi connectivity index (χ4n) is 3.96. The van der Waals surface area contributed by atoms with E-state index in [-0.39, 0.29) is 38.3 Å². The maximum atomic E-state index is 13.5. The third-order valence-corrected chi connectivity index (χ3v) is 9.13. The molecule has 18 heteroatoms. The van der Waals surface area contributed by atoms with Crippen molar-refractivity contribution in [1.29, 1.82) is 0 Å². The van der Waals surface area contributed by atoms with Crippen LogP contribution in [-0.4, -0.2) is 96.3 Å². The zero-order valence-corrected chi connectivity index (χ0v) is 27.1. The smallest absolute Gasteiger partial charge is 0.312 e. The first-order chi connectivity index (χ1) is 20.7. The maximum absolute atomic E-state index is 13.5. The Balaban J connectivity index is 3.32. The van der Waals surface area contributed by atoms with Crippen LogP contribution in [0.25, 0.3) is 0 Å². The summed E-state index contributed by atoms with van der Waals surface area (Å²) >= 11 is 0. The number of primary amides is 2. The monoisotopic (exact) mass is 661 g/mol. The second-order valence-electron chi connectivity index (χ2n) is 10.9. The highest BCUT2D eigenvalue weighted by atomic mass is 33.1. The normalized spacial score (nSPS) is 24.5. The summed E-state index contributed by atoms with van der Waals surface area (Å²) in [4.78, 5) is 88.6. The van der Waals surface area contributed by atoms with Crippen LogP contribution in [0.4, 0.5) is 4.79 Å². The van der Waals surface area contributed by atoms with Gasteiger partial charge in [-0.25, -0.2) is 4.79 Å². The molecule has 0 radical (unpaired) electrons. The van der Waals surface area contributed by atoms with Crippen LogP contribution in [-0.2, 0) is 28.8 Å². The van der Waals surface area contributed by atoms with Crippen LogP contribution in [0.15, 0.2) is 0 Å². The largest absolute Gasteiger partial charge is 0.370 e. The van der Waals surface area contributed by atoms with Gasteiger partial charge in [0.25, 0.3) is 0 Å². The van der Waals surface area contributed by atoms with Gasteiger partial charge in [0.1, 0.15) is 23.7 Å². The first-order valence-electron chi connectivity index (χ1n) is 14.5. The molecule has 12 N–H and O–H groups in total. The third-order valence-electron chi connectivity index (χ3n) is 6.55. The molecule has 1 rings (SSSR count). The van der Waals surface area contributed by atoms with E-state index in [0.717, 1.165) is 0 Å². The fourth-order valence-corrected chi connectivity index (χ4v) is 6.22. The van der Waals surface area contributed by atoms with Gasteiger partial charge in [0.2, 0.25) is 35.4 Å². The average Bonchev–Trinajstić information content (AvgIpc) is 2.93. The summed E-state index contributed by atoms with van der Waals surface area (Å²) in [6, 6.07) is -4.15. The molecule has 1 heterocycles. The van der Waals surface area contributed by atoms with Gasteiger partial charge in [-0.05, 0) is 52.5 Å². The Kier molecular flexibility index (Phi) is 17.5. The molecule has 1 saturated heterocycles. The summed E-state index contributed by atoms with van der Waals surface area (Å²) in [5.74, 6) is -3.42. The Morgan fingerprint density at radius 3 is 2.14 bits per heavy atom. The lowest BCUT2D eigenvalue weighted by Crippen LogP contribution is -2.62. The minimum atomic E-state index is -1.60. The number of nitrogens with two attached hydrogens (primary N) is 3. The van der Waals surface area contributed by atoms with Crippen LogP contribution in [0, 0.1) is 5.92 Å². The van der Waals surface area contributed by atoms with Gasteiger partial charge in [-0.2, -0.15) is 0 Å². The van der Waals surface area contributed by atoms with E-state index in [1.54, 1.807) is 6.92 Å². The minimum Gasteiger partial charge on any atom is -0.370 e. The van der Waals surface area contributed by atoms with Crippen LogP contribution in [0.3, 0.4) is 0 Å². The van der Waals surface area contributed by atoms with E-state index in [4.69, 9.17) is 17.2 Å². The molecular weight excluding hydrogens is 614 g/mol. The lowest BCUT2D eigenvalue weighted by Gasteiger charge is -2.30. The summed E-state index contributed by atoms with van der Waals surface area (Å²) < 4.78 is 0. The van der Waals surface area contributed by atoms with Crippen molar-refractivity contribution < 1.29 is 33.6 Å². The molecule has 0 bridgehead atoms. The van der Waals surface area contributed by atoms with E-state index in [9.17, 15) is 33.6 Å². The number of hydrogen-bond acceptors (Lipinski definition) is 10. The highest BCUT2D eigenvalue weighted by molar-refractivity contribution is 8.76. The van der Waals surface area contributed by atoms with Gasteiger partial charge in [-0.3, -0.25) is 28.8 Å². The molecule has 0 aromatic carbocycles. The third kappa shape index (κ3) is 15.0. The Bertz CT molecular complexity index is 1030. The van der Waals surface area contributed by atoms with Gasteiger partial charge in [0, 0.05) is 30.5 Å². The van der Waals surface area contributed by atoms with Crippen molar-refractivity contribution in [3.05, 3.63) is 0 Å². The van der Waals surface area contributed by atoms with Crippen LogP contribution in [0.2, 0.25) is 0 Å². The van der Waals surface area contributed by atoms with E-state index in [2.05, 4.69) is 31.9 Å². The van der Waals surface area contributed by atoms with Gasteiger partial charge in [0.15, 0.2) is 0 Å². The second-order valence-corrected chi connectivity index (χ2v) is 13.6. The van der Waals surface area contributed by atoms with E-state index in [0.29, 0.717) is 30.9 Å². The Labute approximate surface area is 265 Å². The summed E-state index contributed by atoms with van der Waals surface area (Å²) in [5, 5.41) is 15.6. The molecule has 0 aliphatic carbocycles. The van der Waals surface area contributed by atoms with Gasteiger partial charge in [-0.15, -0.1) is 0 Å². The number of unbranched alkanes of at least 4 members (excludes halogenated alkanes) is 1. The average molecular weight is 662 g/mol. The molecule has 16 nitrogen and oxygen atoms in total. The first-order valence-corrected chi connectivity index (χ1v) is 16.9. The molecule has 1 aliphatic heterocycles. The number of amides is 8. The Morgan fingerprint density at radius 2 is 1.50 bits per heavy atom. The van der Waals surface area contributed by atoms with Crippen LogP contribution < -0.4 is 49.1 Å². The Morgan fingerprint density at radius 1 is 0.864 bits per heavy atom. The van der Waals surface area contributed by atoms with Gasteiger partial charge in [0.05, 0.1) is 6.42 Å². The molecule has 0 unspecified atom stereocenters. The van der Waals surface area contributed by atoms with Crippen molar-refractivity contribution in [2.75, 3.05) is 31.1 Å². The SMILES string of the molecule is C[C@H]1CSSCCNC(=O)[C@H](CC(N)=O)NC(=O)C(C)(C)NC(=O)[C@H](CCCNC(N)=O)NC(=O)[C@H](CCCCN)NC1=O.